The molecule has 0 aliphatic rings. The van der Waals surface area contributed by atoms with Gasteiger partial charge in [-0.05, 0) is 36.8 Å². The van der Waals surface area contributed by atoms with E-state index in [4.69, 9.17) is 28.5 Å². The van der Waals surface area contributed by atoms with Gasteiger partial charge in [-0.3, -0.25) is 4.72 Å². The van der Waals surface area contributed by atoms with Crippen molar-refractivity contribution in [3.63, 3.8) is 0 Å². The van der Waals surface area contributed by atoms with E-state index in [-0.39, 0.29) is 11.1 Å². The molecule has 0 bridgehead atoms. The number of hydrogen-bond donors (Lipinski definition) is 2. The maximum absolute atomic E-state index is 12.5. The van der Waals surface area contributed by atoms with Gasteiger partial charge in [-0.25, -0.2) is 14.2 Å². The topological polar surface area (TPSA) is 80.9 Å². The van der Waals surface area contributed by atoms with E-state index in [1.54, 1.807) is 25.1 Å². The van der Waals surface area contributed by atoms with E-state index in [1.807, 2.05) is 0 Å². The van der Waals surface area contributed by atoms with Crippen molar-refractivity contribution in [3.8, 4) is 0 Å². The molecule has 100 valence electrons. The van der Waals surface area contributed by atoms with Crippen LogP contribution in [-0.4, -0.2) is 14.2 Å². The molecule has 1 heterocycles. The average Bonchev–Trinajstić information content (AvgIpc) is 2.27. The van der Waals surface area contributed by atoms with E-state index in [9.17, 15) is 4.21 Å². The summed E-state index contributed by atoms with van der Waals surface area (Å²) in [5.74, 6) is 0.128. The largest absolute Gasteiger partial charge is 0.399 e. The van der Waals surface area contributed by atoms with Crippen molar-refractivity contribution in [2.45, 2.75) is 11.8 Å². The molecule has 1 aromatic heterocycles. The Balaban J connectivity index is 2.38. The third-order valence-electron chi connectivity index (χ3n) is 2.34. The molecular weight excluding hydrogens is 304 g/mol. The summed E-state index contributed by atoms with van der Waals surface area (Å²) < 4.78 is 15.2. The van der Waals surface area contributed by atoms with Crippen molar-refractivity contribution in [1.29, 1.82) is 0 Å². The van der Waals surface area contributed by atoms with Crippen molar-refractivity contribution < 1.29 is 4.21 Å². The lowest BCUT2D eigenvalue weighted by atomic mass is 10.2. The maximum atomic E-state index is 12.5. The molecule has 1 atom stereocenters. The molecule has 0 radical (unpaired) electrons. The number of nitrogens with zero attached hydrogens (tertiary/aromatic N) is 2. The smallest absolute Gasteiger partial charge is 0.236 e. The van der Waals surface area contributed by atoms with Crippen LogP contribution in [-0.2, 0) is 19.9 Å². The van der Waals surface area contributed by atoms with E-state index in [1.165, 1.54) is 12.3 Å². The van der Waals surface area contributed by atoms with E-state index in [0.717, 1.165) is 5.56 Å². The summed E-state index contributed by atoms with van der Waals surface area (Å²) in [6.45, 7) is 1.79. The zero-order valence-electron chi connectivity index (χ0n) is 9.96. The Morgan fingerprint density at radius 3 is 2.79 bits per heavy atom. The molecule has 2 rings (SSSR count). The van der Waals surface area contributed by atoms with E-state index in [2.05, 4.69) is 14.7 Å². The summed E-state index contributed by atoms with van der Waals surface area (Å²) in [7, 11) is -2.93. The molecule has 2 aromatic rings. The number of rotatable bonds is 3. The Hall–Kier alpha value is -1.44. The molecule has 0 fully saturated rings. The maximum Gasteiger partial charge on any atom is 0.236 e. The van der Waals surface area contributed by atoms with Crippen LogP contribution in [0.15, 0.2) is 35.4 Å². The number of aromatic nitrogens is 2. The van der Waals surface area contributed by atoms with Gasteiger partial charge < -0.3 is 5.73 Å². The van der Waals surface area contributed by atoms with Gasteiger partial charge in [-0.15, -0.1) is 0 Å². The fourth-order valence-electron chi connectivity index (χ4n) is 1.54. The van der Waals surface area contributed by atoms with Crippen LogP contribution in [0.4, 0.5) is 11.6 Å². The van der Waals surface area contributed by atoms with Crippen molar-refractivity contribution in [1.82, 2.24) is 9.97 Å². The molecule has 8 heteroatoms. The number of nitrogens with two attached hydrogens (primary N) is 1. The first-order valence-corrected chi connectivity index (χ1v) is 8.12. The Labute approximate surface area is 121 Å². The van der Waals surface area contributed by atoms with Crippen molar-refractivity contribution in [2.24, 2.45) is 0 Å². The Bertz CT molecular complexity index is 718. The highest BCUT2D eigenvalue weighted by atomic mass is 35.5. The second kappa shape index (κ2) is 5.28. The van der Waals surface area contributed by atoms with Gasteiger partial charge in [0, 0.05) is 23.1 Å². The first-order chi connectivity index (χ1) is 8.88. The number of nitrogen functional groups attached to an aromatic ring is 1. The van der Waals surface area contributed by atoms with Crippen LogP contribution in [0.2, 0.25) is 5.15 Å². The molecule has 0 saturated heterocycles. The van der Waals surface area contributed by atoms with Crippen LogP contribution < -0.4 is 10.5 Å². The molecule has 3 N–H and O–H groups in total. The fraction of sp³-hybridized carbons (Fsp3) is 0.0909. The van der Waals surface area contributed by atoms with Gasteiger partial charge in [0.05, 0.1) is 4.90 Å². The number of aryl methyl sites for hydroxylation is 1. The quantitative estimate of drug-likeness (QED) is 0.670. The SMILES string of the molecule is Cc1cc(N)ccc1S(=O)(=S)Nc1nccc(Cl)n1. The van der Waals surface area contributed by atoms with E-state index >= 15 is 0 Å². The lowest BCUT2D eigenvalue weighted by molar-refractivity contribution is 0.684. The first kappa shape index (κ1) is 14.0. The summed E-state index contributed by atoms with van der Waals surface area (Å²) in [6, 6.07) is 6.51. The Morgan fingerprint density at radius 2 is 2.16 bits per heavy atom. The molecule has 0 saturated carbocycles. The molecule has 19 heavy (non-hydrogen) atoms. The Morgan fingerprint density at radius 1 is 1.42 bits per heavy atom. The van der Waals surface area contributed by atoms with Crippen molar-refractivity contribution >= 4 is 43.1 Å². The molecule has 0 amide bonds. The van der Waals surface area contributed by atoms with Crippen molar-refractivity contribution in [2.75, 3.05) is 10.5 Å². The molecule has 5 nitrogen and oxygen atoms in total. The molecule has 0 aliphatic carbocycles. The minimum Gasteiger partial charge on any atom is -0.399 e. The highest BCUT2D eigenvalue weighted by Gasteiger charge is 2.14. The molecular formula is C11H11ClN4OS2. The lowest BCUT2D eigenvalue weighted by Gasteiger charge is -2.12. The summed E-state index contributed by atoms with van der Waals surface area (Å²) in [5, 5.41) is 0.247. The third kappa shape index (κ3) is 3.31. The molecule has 1 unspecified atom stereocenters. The predicted molar refractivity (Wildman–Crippen MR) is 80.0 cm³/mol. The minimum absolute atomic E-state index is 0.128. The standard InChI is InChI=1S/C11H11ClN4OS2/c1-7-6-8(13)2-3-9(7)19(17,18)16-11-14-5-4-10(12)15-11/h2-6H,13H2,1H3,(H,14,15,16). The summed E-state index contributed by atoms with van der Waals surface area (Å²) in [6.07, 6.45) is 1.46. The minimum atomic E-state index is -2.93. The number of hydrogen-bond acceptors (Lipinski definition) is 5. The van der Waals surface area contributed by atoms with Gasteiger partial charge >= 0.3 is 0 Å². The molecule has 0 aliphatic heterocycles. The highest BCUT2D eigenvalue weighted by molar-refractivity contribution is 8.33. The zero-order valence-corrected chi connectivity index (χ0v) is 12.4. The first-order valence-electron chi connectivity index (χ1n) is 5.26. The van der Waals surface area contributed by atoms with Crippen LogP contribution in [0.5, 0.6) is 0 Å². The Kier molecular flexibility index (Phi) is 3.88. The number of anilines is 2. The van der Waals surface area contributed by atoms with Gasteiger partial charge in [-0.2, -0.15) is 0 Å². The van der Waals surface area contributed by atoms with Crippen molar-refractivity contribution in [3.05, 3.63) is 41.2 Å². The van der Waals surface area contributed by atoms with Crippen LogP contribution >= 0.6 is 11.6 Å². The van der Waals surface area contributed by atoms with Gasteiger partial charge in [-0.1, -0.05) is 11.6 Å². The van der Waals surface area contributed by atoms with Crippen LogP contribution in [0, 0.1) is 6.92 Å². The van der Waals surface area contributed by atoms with E-state index in [0.29, 0.717) is 10.6 Å². The fourth-order valence-corrected chi connectivity index (χ4v) is 3.63. The van der Waals surface area contributed by atoms with Gasteiger partial charge in [0.1, 0.15) is 13.8 Å². The average molecular weight is 315 g/mol. The second-order valence-corrected chi connectivity index (χ2v) is 7.28. The highest BCUT2D eigenvalue weighted by Crippen LogP contribution is 2.20. The monoisotopic (exact) mass is 314 g/mol. The van der Waals surface area contributed by atoms with Crippen LogP contribution in [0.25, 0.3) is 0 Å². The zero-order chi connectivity index (χ0) is 14.0. The normalized spacial score (nSPS) is 13.8. The van der Waals surface area contributed by atoms with Gasteiger partial charge in [0.2, 0.25) is 5.95 Å². The summed E-state index contributed by atoms with van der Waals surface area (Å²) in [4.78, 5) is 8.31. The lowest BCUT2D eigenvalue weighted by Crippen LogP contribution is -2.15. The van der Waals surface area contributed by atoms with E-state index < -0.39 is 8.68 Å². The molecule has 1 aromatic carbocycles. The number of benzene rings is 1. The van der Waals surface area contributed by atoms with Gasteiger partial charge in [0.25, 0.3) is 0 Å². The third-order valence-corrected chi connectivity index (χ3v) is 4.82. The summed E-state index contributed by atoms with van der Waals surface area (Å²) in [5.41, 5.74) is 6.99. The van der Waals surface area contributed by atoms with Gasteiger partial charge in [0.15, 0.2) is 0 Å². The molecule has 0 spiro atoms. The second-order valence-electron chi connectivity index (χ2n) is 3.83. The predicted octanol–water partition coefficient (Wildman–Crippen LogP) is 2.15. The van der Waals surface area contributed by atoms with Crippen LogP contribution in [0.3, 0.4) is 0 Å². The van der Waals surface area contributed by atoms with Crippen LogP contribution in [0.1, 0.15) is 5.56 Å². The number of nitrogens with one attached hydrogen (secondary N) is 1. The summed E-state index contributed by atoms with van der Waals surface area (Å²) >= 11 is 10.9. The number of halogens is 1.